The highest BCUT2D eigenvalue weighted by molar-refractivity contribution is 7.92. The fourth-order valence-electron chi connectivity index (χ4n) is 2.81. The molecule has 0 unspecified atom stereocenters. The quantitative estimate of drug-likeness (QED) is 0.774. The molecule has 2 aromatic rings. The molecule has 1 N–H and O–H groups in total. The summed E-state index contributed by atoms with van der Waals surface area (Å²) in [5.74, 6) is 0.0377. The molecule has 1 aliphatic heterocycles. The van der Waals surface area contributed by atoms with Gasteiger partial charge in [-0.05, 0) is 57.3 Å². The van der Waals surface area contributed by atoms with Crippen LogP contribution in [0.3, 0.4) is 0 Å². The third kappa shape index (κ3) is 4.72. The van der Waals surface area contributed by atoms with Crippen LogP contribution in [0.1, 0.15) is 33.3 Å². The van der Waals surface area contributed by atoms with Gasteiger partial charge >= 0.3 is 7.12 Å². The molecule has 0 atom stereocenters. The van der Waals surface area contributed by atoms with E-state index in [1.54, 1.807) is 12.1 Å². The first kappa shape index (κ1) is 19.9. The van der Waals surface area contributed by atoms with Crippen LogP contribution in [0.5, 0.6) is 0 Å². The van der Waals surface area contributed by atoms with Gasteiger partial charge in [-0.15, -0.1) is 0 Å². The lowest BCUT2D eigenvalue weighted by atomic mass is 9.79. The highest BCUT2D eigenvalue weighted by atomic mass is 32.2. The van der Waals surface area contributed by atoms with Crippen molar-refractivity contribution in [3.8, 4) is 0 Å². The highest BCUT2D eigenvalue weighted by Gasteiger charge is 2.51. The van der Waals surface area contributed by atoms with Crippen molar-refractivity contribution in [2.45, 2.75) is 45.3 Å². The number of hydrogen-bond acceptors (Lipinski definition) is 4. The van der Waals surface area contributed by atoms with Crippen molar-refractivity contribution in [2.24, 2.45) is 0 Å². The molecule has 0 spiro atoms. The number of benzene rings is 2. The van der Waals surface area contributed by atoms with Gasteiger partial charge in [0.15, 0.2) is 0 Å². The summed E-state index contributed by atoms with van der Waals surface area (Å²) in [4.78, 5) is 0. The third-order valence-electron chi connectivity index (χ3n) is 5.21. The van der Waals surface area contributed by atoms with E-state index < -0.39 is 28.3 Å². The molecule has 1 fully saturated rings. The third-order valence-corrected chi connectivity index (χ3v) is 6.50. The van der Waals surface area contributed by atoms with Gasteiger partial charge in [-0.1, -0.05) is 42.5 Å². The summed E-state index contributed by atoms with van der Waals surface area (Å²) in [5, 5.41) is 0. The van der Waals surface area contributed by atoms with Crippen molar-refractivity contribution in [3.05, 3.63) is 60.2 Å². The van der Waals surface area contributed by atoms with Crippen molar-refractivity contribution in [1.29, 1.82) is 0 Å². The minimum absolute atomic E-state index is 0.0377. The fraction of sp³-hybridized carbons (Fsp3) is 0.400. The summed E-state index contributed by atoms with van der Waals surface area (Å²) in [6.07, 6.45) is 0.474. The SMILES string of the molecule is CC1(C)OB(c2ccc(NS(=O)(=O)CCc3ccccc3)cc2)OC1(C)C. The largest absolute Gasteiger partial charge is 0.494 e. The Bertz CT molecular complexity index is 864. The van der Waals surface area contributed by atoms with E-state index in [9.17, 15) is 8.42 Å². The standard InChI is InChI=1S/C20H26BNO4S/c1-19(2)20(3,4)26-21(25-19)17-10-12-18(13-11-17)22-27(23,24)15-14-16-8-6-5-7-9-16/h5-13,22H,14-15H2,1-4H3. The predicted molar refractivity (Wildman–Crippen MR) is 110 cm³/mol. The van der Waals surface area contributed by atoms with Crippen molar-refractivity contribution in [3.63, 3.8) is 0 Å². The highest BCUT2D eigenvalue weighted by Crippen LogP contribution is 2.36. The van der Waals surface area contributed by atoms with Crippen LogP contribution in [0.4, 0.5) is 5.69 Å². The second kappa shape index (κ2) is 7.30. The summed E-state index contributed by atoms with van der Waals surface area (Å²) in [6.45, 7) is 8.01. The summed E-state index contributed by atoms with van der Waals surface area (Å²) in [6, 6.07) is 16.7. The van der Waals surface area contributed by atoms with Crippen LogP contribution in [-0.4, -0.2) is 32.5 Å². The Labute approximate surface area is 162 Å². The van der Waals surface area contributed by atoms with Crippen molar-refractivity contribution in [1.82, 2.24) is 0 Å². The molecule has 0 radical (unpaired) electrons. The molecule has 5 nitrogen and oxygen atoms in total. The second-order valence-electron chi connectivity index (χ2n) is 7.87. The Kier molecular flexibility index (Phi) is 5.39. The summed E-state index contributed by atoms with van der Waals surface area (Å²) in [5.41, 5.74) is 1.58. The maximum Gasteiger partial charge on any atom is 0.494 e. The lowest BCUT2D eigenvalue weighted by molar-refractivity contribution is 0.00578. The van der Waals surface area contributed by atoms with E-state index in [0.717, 1.165) is 11.0 Å². The van der Waals surface area contributed by atoms with E-state index in [-0.39, 0.29) is 5.75 Å². The molecule has 0 aliphatic carbocycles. The molecular formula is C20H26BNO4S. The van der Waals surface area contributed by atoms with Gasteiger partial charge < -0.3 is 9.31 Å². The van der Waals surface area contributed by atoms with Gasteiger partial charge in [-0.25, -0.2) is 8.42 Å². The maximum absolute atomic E-state index is 12.3. The molecule has 1 aliphatic rings. The van der Waals surface area contributed by atoms with E-state index >= 15 is 0 Å². The molecule has 144 valence electrons. The molecule has 1 saturated heterocycles. The number of hydrogen-bond donors (Lipinski definition) is 1. The fourth-order valence-corrected chi connectivity index (χ4v) is 3.92. The normalized spacial score (nSPS) is 18.4. The number of rotatable bonds is 6. The maximum atomic E-state index is 12.3. The molecule has 2 aromatic carbocycles. The van der Waals surface area contributed by atoms with Crippen LogP contribution < -0.4 is 10.2 Å². The Balaban J connectivity index is 1.62. The average molecular weight is 387 g/mol. The molecule has 0 aromatic heterocycles. The van der Waals surface area contributed by atoms with E-state index in [0.29, 0.717) is 12.1 Å². The van der Waals surface area contributed by atoms with E-state index in [1.165, 1.54) is 0 Å². The molecule has 3 rings (SSSR count). The van der Waals surface area contributed by atoms with Crippen LogP contribution in [0.2, 0.25) is 0 Å². The van der Waals surface area contributed by atoms with E-state index in [1.807, 2.05) is 70.2 Å². The van der Waals surface area contributed by atoms with Gasteiger partial charge in [0.2, 0.25) is 10.0 Å². The number of anilines is 1. The van der Waals surface area contributed by atoms with Gasteiger partial charge in [0.1, 0.15) is 0 Å². The van der Waals surface area contributed by atoms with Crippen molar-refractivity contribution in [2.75, 3.05) is 10.5 Å². The van der Waals surface area contributed by atoms with Gasteiger partial charge in [0.25, 0.3) is 0 Å². The zero-order valence-electron chi connectivity index (χ0n) is 16.2. The van der Waals surface area contributed by atoms with Crippen molar-refractivity contribution >= 4 is 28.3 Å². The van der Waals surface area contributed by atoms with Crippen LogP contribution in [0.15, 0.2) is 54.6 Å². The monoisotopic (exact) mass is 387 g/mol. The Morgan fingerprint density at radius 3 is 2.00 bits per heavy atom. The summed E-state index contributed by atoms with van der Waals surface area (Å²) in [7, 11) is -3.87. The molecule has 1 heterocycles. The smallest absolute Gasteiger partial charge is 0.399 e. The lowest BCUT2D eigenvalue weighted by Gasteiger charge is -2.32. The zero-order valence-corrected chi connectivity index (χ0v) is 17.0. The minimum Gasteiger partial charge on any atom is -0.399 e. The van der Waals surface area contributed by atoms with Crippen LogP contribution in [0.25, 0.3) is 0 Å². The molecule has 27 heavy (non-hydrogen) atoms. The Morgan fingerprint density at radius 1 is 0.889 bits per heavy atom. The number of sulfonamides is 1. The Hall–Kier alpha value is -1.83. The average Bonchev–Trinajstić information content (AvgIpc) is 2.82. The second-order valence-corrected chi connectivity index (χ2v) is 9.71. The number of nitrogens with one attached hydrogen (secondary N) is 1. The summed E-state index contributed by atoms with van der Waals surface area (Å²) >= 11 is 0. The van der Waals surface area contributed by atoms with Crippen LogP contribution in [-0.2, 0) is 25.8 Å². The lowest BCUT2D eigenvalue weighted by Crippen LogP contribution is -2.41. The number of aryl methyl sites for hydroxylation is 1. The van der Waals surface area contributed by atoms with Gasteiger partial charge in [-0.3, -0.25) is 4.72 Å². The van der Waals surface area contributed by atoms with Gasteiger partial charge in [0.05, 0.1) is 17.0 Å². The molecule has 7 heteroatoms. The minimum atomic E-state index is -3.41. The molecule has 0 bridgehead atoms. The predicted octanol–water partition coefficient (Wildman–Crippen LogP) is 2.97. The summed E-state index contributed by atoms with van der Waals surface area (Å²) < 4.78 is 39.3. The molecule has 0 amide bonds. The van der Waals surface area contributed by atoms with Gasteiger partial charge in [-0.2, -0.15) is 0 Å². The van der Waals surface area contributed by atoms with Crippen LogP contribution in [0, 0.1) is 0 Å². The van der Waals surface area contributed by atoms with E-state index in [2.05, 4.69) is 4.72 Å². The van der Waals surface area contributed by atoms with Crippen LogP contribution >= 0.6 is 0 Å². The topological polar surface area (TPSA) is 64.6 Å². The van der Waals surface area contributed by atoms with Gasteiger partial charge in [0, 0.05) is 5.69 Å². The zero-order chi connectivity index (χ0) is 19.7. The van der Waals surface area contributed by atoms with Crippen molar-refractivity contribution < 1.29 is 17.7 Å². The van der Waals surface area contributed by atoms with E-state index in [4.69, 9.17) is 9.31 Å². The molecule has 0 saturated carbocycles. The first-order valence-electron chi connectivity index (χ1n) is 9.08. The molecular weight excluding hydrogens is 361 g/mol. The first-order chi connectivity index (χ1) is 12.6. The Morgan fingerprint density at radius 2 is 1.44 bits per heavy atom. The first-order valence-corrected chi connectivity index (χ1v) is 10.7.